The van der Waals surface area contributed by atoms with E-state index >= 15 is 0 Å². The molecule has 5 atom stereocenters. The van der Waals surface area contributed by atoms with E-state index in [1.807, 2.05) is 52.0 Å². The minimum absolute atomic E-state index is 0.129. The van der Waals surface area contributed by atoms with Gasteiger partial charge < -0.3 is 19.7 Å². The Morgan fingerprint density at radius 3 is 2.47 bits per heavy atom. The van der Waals surface area contributed by atoms with Gasteiger partial charge in [-0.25, -0.2) is 0 Å². The number of carbonyl (C=O) groups excluding carboxylic acids is 3. The average molecular weight is 467 g/mol. The number of hydrogen-bond acceptors (Lipinski definition) is 5. The van der Waals surface area contributed by atoms with Crippen LogP contribution in [0.1, 0.15) is 50.7 Å². The number of anilines is 1. The third-order valence-electron chi connectivity index (χ3n) is 7.70. The van der Waals surface area contributed by atoms with E-state index in [0.717, 1.165) is 42.5 Å². The van der Waals surface area contributed by atoms with Crippen LogP contribution in [0.4, 0.5) is 5.69 Å². The van der Waals surface area contributed by atoms with Gasteiger partial charge in [0, 0.05) is 11.7 Å². The number of nitrogens with zero attached hydrogens (tertiary/aromatic N) is 1. The molecular formula is C27H34N2O5. The predicted octanol–water partition coefficient (Wildman–Crippen LogP) is 3.22. The Labute approximate surface area is 200 Å². The van der Waals surface area contributed by atoms with Crippen LogP contribution in [0.25, 0.3) is 0 Å². The molecule has 4 aliphatic rings. The summed E-state index contributed by atoms with van der Waals surface area (Å²) in [4.78, 5) is 41.7. The highest BCUT2D eigenvalue weighted by molar-refractivity contribution is 6.03. The minimum atomic E-state index is -0.890. The third kappa shape index (κ3) is 3.84. The van der Waals surface area contributed by atoms with Gasteiger partial charge in [-0.2, -0.15) is 0 Å². The van der Waals surface area contributed by atoms with E-state index in [4.69, 9.17) is 9.47 Å². The molecule has 7 nitrogen and oxygen atoms in total. The van der Waals surface area contributed by atoms with Crippen molar-refractivity contribution in [2.75, 3.05) is 11.4 Å². The van der Waals surface area contributed by atoms with Crippen molar-refractivity contribution in [2.24, 2.45) is 17.8 Å². The first-order valence-electron chi connectivity index (χ1n) is 12.5. The monoisotopic (exact) mass is 466 g/mol. The molecule has 5 rings (SSSR count). The Balaban J connectivity index is 1.35. The van der Waals surface area contributed by atoms with Crippen LogP contribution in [0.2, 0.25) is 0 Å². The normalized spacial score (nSPS) is 30.8. The van der Waals surface area contributed by atoms with Crippen LogP contribution in [0.15, 0.2) is 30.4 Å². The molecule has 7 heteroatoms. The van der Waals surface area contributed by atoms with Crippen LogP contribution in [-0.4, -0.2) is 48.2 Å². The summed E-state index contributed by atoms with van der Waals surface area (Å²) in [5.74, 6) is -2.50. The molecule has 3 aliphatic heterocycles. The van der Waals surface area contributed by atoms with Gasteiger partial charge in [0.1, 0.15) is 11.5 Å². The second-order valence-electron chi connectivity index (χ2n) is 10.8. The van der Waals surface area contributed by atoms with Crippen molar-refractivity contribution in [1.29, 1.82) is 0 Å². The summed E-state index contributed by atoms with van der Waals surface area (Å²) < 4.78 is 12.1. The average Bonchev–Trinajstić information content (AvgIpc) is 3.53. The van der Waals surface area contributed by atoms with Crippen molar-refractivity contribution in [2.45, 2.75) is 77.2 Å². The standard InChI is InChI=1S/C27H34N2O5/c1-15(2)23(24(30)28-18-7-5-6-8-18)33-26(32)21-20-9-10-27(34-20)14-29(25(31)22(21)27)19-12-16(3)11-17(4)13-19/h9-13,15,18,20-23H,5-8,14H2,1-4H3,(H,28,30)/t20-,21+,22+,23-,27-/m1/s1. The minimum Gasteiger partial charge on any atom is -0.452 e. The molecule has 2 bridgehead atoms. The lowest BCUT2D eigenvalue weighted by atomic mass is 9.77. The van der Waals surface area contributed by atoms with Crippen molar-refractivity contribution in [1.82, 2.24) is 5.32 Å². The maximum Gasteiger partial charge on any atom is 0.313 e. The molecule has 0 radical (unpaired) electrons. The molecule has 1 spiro atoms. The molecule has 3 heterocycles. The summed E-state index contributed by atoms with van der Waals surface area (Å²) in [6, 6.07) is 6.17. The van der Waals surface area contributed by atoms with Gasteiger partial charge in [-0.3, -0.25) is 14.4 Å². The molecule has 2 amide bonds. The number of amides is 2. The number of aryl methyl sites for hydroxylation is 2. The predicted molar refractivity (Wildman–Crippen MR) is 127 cm³/mol. The van der Waals surface area contributed by atoms with Crippen molar-refractivity contribution in [3.63, 3.8) is 0 Å². The molecule has 0 aromatic heterocycles. The fourth-order valence-corrected chi connectivity index (χ4v) is 6.14. The summed E-state index contributed by atoms with van der Waals surface area (Å²) in [6.45, 7) is 8.11. The summed E-state index contributed by atoms with van der Waals surface area (Å²) in [5.41, 5.74) is 2.13. The first-order valence-corrected chi connectivity index (χ1v) is 12.5. The molecule has 0 unspecified atom stereocenters. The highest BCUT2D eigenvalue weighted by Gasteiger charge is 2.67. The van der Waals surface area contributed by atoms with Crippen molar-refractivity contribution in [3.05, 3.63) is 41.5 Å². The zero-order valence-electron chi connectivity index (χ0n) is 20.4. The Kier molecular flexibility index (Phi) is 5.79. The van der Waals surface area contributed by atoms with E-state index in [1.165, 1.54) is 0 Å². The summed E-state index contributed by atoms with van der Waals surface area (Å²) >= 11 is 0. The zero-order chi connectivity index (χ0) is 24.2. The maximum absolute atomic E-state index is 13.6. The van der Waals surface area contributed by atoms with Gasteiger partial charge >= 0.3 is 5.97 Å². The summed E-state index contributed by atoms with van der Waals surface area (Å²) in [6.07, 6.45) is 6.53. The fraction of sp³-hybridized carbons (Fsp3) is 0.593. The summed E-state index contributed by atoms with van der Waals surface area (Å²) in [7, 11) is 0. The lowest BCUT2D eigenvalue weighted by Crippen LogP contribution is -2.47. The topological polar surface area (TPSA) is 84.9 Å². The highest BCUT2D eigenvalue weighted by Crippen LogP contribution is 2.53. The smallest absolute Gasteiger partial charge is 0.313 e. The Hall–Kier alpha value is -2.67. The number of nitrogens with one attached hydrogen (secondary N) is 1. The zero-order valence-corrected chi connectivity index (χ0v) is 20.4. The van der Waals surface area contributed by atoms with E-state index in [1.54, 1.807) is 4.90 Å². The van der Waals surface area contributed by atoms with Crippen LogP contribution in [-0.2, 0) is 23.9 Å². The number of esters is 1. The van der Waals surface area contributed by atoms with Crippen molar-refractivity contribution < 1.29 is 23.9 Å². The van der Waals surface area contributed by atoms with Crippen LogP contribution < -0.4 is 10.2 Å². The van der Waals surface area contributed by atoms with Gasteiger partial charge in [0.25, 0.3) is 5.91 Å². The molecule has 1 aromatic rings. The third-order valence-corrected chi connectivity index (χ3v) is 7.70. The van der Waals surface area contributed by atoms with E-state index in [-0.39, 0.29) is 23.8 Å². The van der Waals surface area contributed by atoms with Gasteiger partial charge in [-0.05, 0) is 55.9 Å². The SMILES string of the molecule is Cc1cc(C)cc(N2C[C@@]34C=C[C@@H](O3)[C@H](C(=O)O[C@@H](C(=O)NC3CCCC3)C(C)C)[C@H]4C2=O)c1. The second kappa shape index (κ2) is 8.52. The number of hydrogen-bond donors (Lipinski definition) is 1. The van der Waals surface area contributed by atoms with Crippen molar-refractivity contribution in [3.8, 4) is 0 Å². The lowest BCUT2D eigenvalue weighted by Gasteiger charge is -2.27. The van der Waals surface area contributed by atoms with Gasteiger partial charge in [-0.1, -0.05) is 44.9 Å². The largest absolute Gasteiger partial charge is 0.452 e. The number of carbonyl (C=O) groups is 3. The summed E-state index contributed by atoms with van der Waals surface area (Å²) in [5, 5.41) is 3.05. The first-order chi connectivity index (χ1) is 16.2. The number of fused-ring (bicyclic) bond motifs is 1. The molecule has 1 N–H and O–H groups in total. The van der Waals surface area contributed by atoms with E-state index in [2.05, 4.69) is 11.4 Å². The Morgan fingerprint density at radius 2 is 1.82 bits per heavy atom. The maximum atomic E-state index is 13.6. The number of benzene rings is 1. The van der Waals surface area contributed by atoms with Crippen molar-refractivity contribution >= 4 is 23.5 Å². The van der Waals surface area contributed by atoms with Gasteiger partial charge in [0.2, 0.25) is 5.91 Å². The highest BCUT2D eigenvalue weighted by atomic mass is 16.6. The Morgan fingerprint density at radius 1 is 1.15 bits per heavy atom. The second-order valence-corrected chi connectivity index (χ2v) is 10.8. The molecular weight excluding hydrogens is 432 g/mol. The number of rotatable bonds is 6. The van der Waals surface area contributed by atoms with Crippen LogP contribution in [0.3, 0.4) is 0 Å². The molecule has 1 aliphatic carbocycles. The quantitative estimate of drug-likeness (QED) is 0.514. The van der Waals surface area contributed by atoms with Gasteiger partial charge in [0.05, 0.1) is 18.6 Å². The molecule has 3 fully saturated rings. The van der Waals surface area contributed by atoms with E-state index in [0.29, 0.717) is 6.54 Å². The molecule has 34 heavy (non-hydrogen) atoms. The Bertz CT molecular complexity index is 1020. The van der Waals surface area contributed by atoms with Crippen LogP contribution >= 0.6 is 0 Å². The van der Waals surface area contributed by atoms with Crippen LogP contribution in [0.5, 0.6) is 0 Å². The first kappa shape index (κ1) is 23.1. The lowest BCUT2D eigenvalue weighted by molar-refractivity contribution is -0.165. The molecule has 1 aromatic carbocycles. The van der Waals surface area contributed by atoms with Crippen LogP contribution in [0, 0.1) is 31.6 Å². The molecule has 1 saturated carbocycles. The molecule has 182 valence electrons. The van der Waals surface area contributed by atoms with E-state index in [9.17, 15) is 14.4 Å². The fourth-order valence-electron chi connectivity index (χ4n) is 6.14. The molecule has 2 saturated heterocycles. The van der Waals surface area contributed by atoms with Gasteiger partial charge in [0.15, 0.2) is 6.10 Å². The number of ether oxygens (including phenoxy) is 2. The van der Waals surface area contributed by atoms with E-state index < -0.39 is 35.6 Å². The van der Waals surface area contributed by atoms with Gasteiger partial charge in [-0.15, -0.1) is 0 Å².